The molecule has 0 aliphatic carbocycles. The molecule has 0 nitrogen and oxygen atoms in total. The summed E-state index contributed by atoms with van der Waals surface area (Å²) in [7, 11) is 0. The zero-order valence-electron chi connectivity index (χ0n) is 1.58. The van der Waals surface area contributed by atoms with Gasteiger partial charge in [0.25, 0.3) is 0 Å². The molecule has 6 heteroatoms. The van der Waals surface area contributed by atoms with Gasteiger partial charge in [-0.2, -0.15) is 0 Å². The average Bonchev–Trinajstić information content (AvgIpc) is 0. The van der Waals surface area contributed by atoms with E-state index in [-0.39, 0.29) is 99.8 Å². The van der Waals surface area contributed by atoms with Crippen molar-refractivity contribution in [1.82, 2.24) is 0 Å². The van der Waals surface area contributed by atoms with Crippen LogP contribution in [0.4, 0.5) is 0 Å². The van der Waals surface area contributed by atoms with Crippen molar-refractivity contribution in [2.45, 2.75) is 0 Å². The zero-order valence-corrected chi connectivity index (χ0v) is 6.52. The van der Waals surface area contributed by atoms with Gasteiger partial charge in [0.1, 0.15) is 0 Å². The molecule has 0 aromatic carbocycles. The molecular weight excluding hydrogens is 320 g/mol. The van der Waals surface area contributed by atoms with Crippen LogP contribution in [0.15, 0.2) is 0 Å². The van der Waals surface area contributed by atoms with Crippen LogP contribution in [0.5, 0.6) is 0 Å². The minimum atomic E-state index is 0. The minimum Gasteiger partial charge on any atom is 0 e. The Balaban J connectivity index is 0. The van der Waals surface area contributed by atoms with Gasteiger partial charge < -0.3 is 0 Å². The summed E-state index contributed by atoms with van der Waals surface area (Å²) in [4.78, 5) is 0. The quantitative estimate of drug-likeness (QED) is 0.492. The molecule has 6 heavy (non-hydrogen) atoms. The molecule has 0 aromatic rings. The minimum absolute atomic E-state index is 0. The van der Waals surface area contributed by atoms with Crippen molar-refractivity contribution in [3.63, 3.8) is 0 Å². The molecule has 0 atom stereocenters. The maximum atomic E-state index is 0. The third-order valence-corrected chi connectivity index (χ3v) is 0. The molecule has 0 amide bonds. The second kappa shape index (κ2) is 43.6. The summed E-state index contributed by atoms with van der Waals surface area (Å²) in [5.41, 5.74) is 0. The van der Waals surface area contributed by atoms with Crippen LogP contribution in [0.3, 0.4) is 0 Å². The van der Waals surface area contributed by atoms with Gasteiger partial charge >= 0.3 is 0 Å². The van der Waals surface area contributed by atoms with Crippen molar-refractivity contribution in [1.29, 1.82) is 0 Å². The van der Waals surface area contributed by atoms with E-state index in [0.29, 0.717) is 0 Å². The molecule has 0 radical (unpaired) electrons. The molecule has 0 heterocycles. The van der Waals surface area contributed by atoms with E-state index in [1.54, 1.807) is 0 Å². The van der Waals surface area contributed by atoms with Crippen LogP contribution in [0.1, 0.15) is 0 Å². The van der Waals surface area contributed by atoms with Crippen LogP contribution < -0.4 is 0 Å². The van der Waals surface area contributed by atoms with Gasteiger partial charge in [0.15, 0.2) is 17.4 Å². The number of rotatable bonds is 0. The van der Waals surface area contributed by atoms with Crippen LogP contribution in [-0.4, -0.2) is 17.4 Å². The fourth-order valence-corrected chi connectivity index (χ4v) is 0. The van der Waals surface area contributed by atoms with Gasteiger partial charge in [-0.25, -0.2) is 0 Å². The van der Waals surface area contributed by atoms with Gasteiger partial charge in [-0.15, -0.1) is 0 Å². The second-order valence-corrected chi connectivity index (χ2v) is 0. The Morgan fingerprint density at radius 2 is 0.333 bits per heavy atom. The van der Waals surface area contributed by atoms with Gasteiger partial charge in [-0.3, -0.25) is 0 Å². The van der Waals surface area contributed by atoms with Crippen molar-refractivity contribution in [2.24, 2.45) is 0 Å². The molecule has 0 spiro atoms. The van der Waals surface area contributed by atoms with Gasteiger partial charge in [-0.05, 0) is 0 Å². The van der Waals surface area contributed by atoms with Crippen LogP contribution in [0, 0.1) is 0 Å². The first-order valence-electron chi connectivity index (χ1n) is 0. The zero-order chi connectivity index (χ0) is 0. The van der Waals surface area contributed by atoms with E-state index in [9.17, 15) is 0 Å². The summed E-state index contributed by atoms with van der Waals surface area (Å²) in [6.45, 7) is 0. The first kappa shape index (κ1) is 64.0. The molecule has 0 bridgehead atoms. The molecular formula is H3AlNi5. The Hall–Kier alpha value is 3.00. The number of hydrogen-bond donors (Lipinski definition) is 0. The molecule has 0 aliphatic rings. The molecule has 0 rings (SSSR count). The molecule has 0 fully saturated rings. The summed E-state index contributed by atoms with van der Waals surface area (Å²) >= 11 is 0. The summed E-state index contributed by atoms with van der Waals surface area (Å²) in [5, 5.41) is 0. The summed E-state index contributed by atoms with van der Waals surface area (Å²) in [5.74, 6) is 0. The maximum absolute atomic E-state index is 0. The van der Waals surface area contributed by atoms with Crippen molar-refractivity contribution in [2.75, 3.05) is 0 Å². The van der Waals surface area contributed by atoms with Gasteiger partial charge in [0.2, 0.25) is 0 Å². The van der Waals surface area contributed by atoms with Crippen LogP contribution >= 0.6 is 0 Å². The fraction of sp³-hybridized carbons (Fsp3) is 0. The van der Waals surface area contributed by atoms with E-state index in [1.807, 2.05) is 0 Å². The van der Waals surface area contributed by atoms with E-state index in [1.165, 1.54) is 0 Å². The molecule has 0 N–H and O–H groups in total. The normalized spacial score (nSPS) is 0. The van der Waals surface area contributed by atoms with Gasteiger partial charge in [0, 0.05) is 82.5 Å². The molecule has 0 aromatic heterocycles. The molecule has 0 saturated carbocycles. The SMILES string of the molecule is [AlH3].[Ni].[Ni].[Ni].[Ni].[Ni]. The van der Waals surface area contributed by atoms with E-state index < -0.39 is 0 Å². The predicted molar refractivity (Wildman–Crippen MR) is 9.94 cm³/mol. The third kappa shape index (κ3) is 28.0. The van der Waals surface area contributed by atoms with Crippen molar-refractivity contribution < 1.29 is 82.5 Å². The van der Waals surface area contributed by atoms with E-state index in [2.05, 4.69) is 0 Å². The fourth-order valence-electron chi connectivity index (χ4n) is 0. The van der Waals surface area contributed by atoms with E-state index in [0.717, 1.165) is 0 Å². The molecule has 0 aliphatic heterocycles. The van der Waals surface area contributed by atoms with Crippen LogP contribution in [-0.2, 0) is 82.5 Å². The van der Waals surface area contributed by atoms with Crippen LogP contribution in [0.2, 0.25) is 0 Å². The van der Waals surface area contributed by atoms with E-state index >= 15 is 0 Å². The Labute approximate surface area is 98.5 Å². The molecule has 56 valence electrons. The van der Waals surface area contributed by atoms with Crippen molar-refractivity contribution >= 4 is 17.4 Å². The smallest absolute Gasteiger partial charge is 0 e. The predicted octanol–water partition coefficient (Wildman–Crippen LogP) is -1.20. The van der Waals surface area contributed by atoms with Crippen LogP contribution in [0.25, 0.3) is 0 Å². The van der Waals surface area contributed by atoms with Crippen molar-refractivity contribution in [3.8, 4) is 0 Å². The Kier molecular flexibility index (Phi) is 465. The first-order chi connectivity index (χ1) is 0. The Bertz CT molecular complexity index is 3.90. The largest absolute Gasteiger partial charge is 0.187 e. The van der Waals surface area contributed by atoms with E-state index in [4.69, 9.17) is 0 Å². The summed E-state index contributed by atoms with van der Waals surface area (Å²) < 4.78 is 0. The topological polar surface area (TPSA) is 0 Å². The average molecular weight is 323 g/mol. The monoisotopic (exact) mass is 320 g/mol. The molecule has 0 saturated heterocycles. The maximum Gasteiger partial charge on any atom is 0.187 e. The third-order valence-electron chi connectivity index (χ3n) is 0. The number of hydrogen-bond acceptors (Lipinski definition) is 0. The Morgan fingerprint density at radius 1 is 0.333 bits per heavy atom. The standard InChI is InChI=1S/Al.5Ni.3H. The van der Waals surface area contributed by atoms with Gasteiger partial charge in [-0.1, -0.05) is 0 Å². The first-order valence-corrected chi connectivity index (χ1v) is 0. The second-order valence-electron chi connectivity index (χ2n) is 0. The van der Waals surface area contributed by atoms with Crippen molar-refractivity contribution in [3.05, 3.63) is 0 Å². The molecule has 0 unspecified atom stereocenters. The Morgan fingerprint density at radius 3 is 0.333 bits per heavy atom. The van der Waals surface area contributed by atoms with Gasteiger partial charge in [0.05, 0.1) is 0 Å². The summed E-state index contributed by atoms with van der Waals surface area (Å²) in [6, 6.07) is 0. The summed E-state index contributed by atoms with van der Waals surface area (Å²) in [6.07, 6.45) is 0.